The van der Waals surface area contributed by atoms with Crippen molar-refractivity contribution in [3.63, 3.8) is 0 Å². The van der Waals surface area contributed by atoms with Gasteiger partial charge in [0.1, 0.15) is 0 Å². The number of carbonyl (C=O) groups is 1. The number of nitrogens with zero attached hydrogens (tertiary/aromatic N) is 1. The molecule has 0 aromatic carbocycles. The van der Waals surface area contributed by atoms with Gasteiger partial charge in [-0.2, -0.15) is 0 Å². The van der Waals surface area contributed by atoms with Gasteiger partial charge in [0.05, 0.1) is 6.26 Å². The van der Waals surface area contributed by atoms with Gasteiger partial charge in [-0.15, -0.1) is 0 Å². The number of anilines is 1. The fourth-order valence-corrected chi connectivity index (χ4v) is 0.911. The number of carbonyl (C=O) groups excluding carboxylic acids is 1. The van der Waals surface area contributed by atoms with Crippen LogP contribution in [0, 0.1) is 0 Å². The Morgan fingerprint density at radius 1 is 1.62 bits per heavy atom. The number of H-pyrrole nitrogens is 1. The van der Waals surface area contributed by atoms with Crippen molar-refractivity contribution in [3.8, 4) is 0 Å². The third kappa shape index (κ3) is 1.58. The van der Waals surface area contributed by atoms with Crippen molar-refractivity contribution in [2.45, 2.75) is 0 Å². The molecule has 0 atom stereocenters. The van der Waals surface area contributed by atoms with Gasteiger partial charge >= 0.3 is 0 Å². The number of amides is 1. The van der Waals surface area contributed by atoms with E-state index in [9.17, 15) is 4.79 Å². The summed E-state index contributed by atoms with van der Waals surface area (Å²) in [4.78, 5) is 17.9. The maximum Gasteiger partial charge on any atom is 0.293 e. The third-order valence-corrected chi connectivity index (χ3v) is 1.48. The molecule has 0 aliphatic rings. The van der Waals surface area contributed by atoms with E-state index in [4.69, 9.17) is 4.42 Å². The summed E-state index contributed by atoms with van der Waals surface area (Å²) in [7, 11) is 0. The topological polar surface area (TPSA) is 70.9 Å². The number of aromatic nitrogens is 2. The molecule has 0 aliphatic heterocycles. The van der Waals surface area contributed by atoms with E-state index in [1.54, 1.807) is 24.5 Å². The van der Waals surface area contributed by atoms with Crippen LogP contribution in [0.4, 0.5) is 5.95 Å². The monoisotopic (exact) mass is 177 g/mol. The van der Waals surface area contributed by atoms with E-state index >= 15 is 0 Å². The molecule has 0 unspecified atom stereocenters. The van der Waals surface area contributed by atoms with Crippen LogP contribution in [0.25, 0.3) is 0 Å². The van der Waals surface area contributed by atoms with Crippen molar-refractivity contribution in [1.29, 1.82) is 0 Å². The lowest BCUT2D eigenvalue weighted by Crippen LogP contribution is -2.11. The zero-order valence-electron chi connectivity index (χ0n) is 6.65. The van der Waals surface area contributed by atoms with Crippen LogP contribution in [-0.2, 0) is 0 Å². The summed E-state index contributed by atoms with van der Waals surface area (Å²) in [5, 5.41) is 2.52. The Kier molecular flexibility index (Phi) is 1.84. The molecule has 0 saturated heterocycles. The lowest BCUT2D eigenvalue weighted by Gasteiger charge is -1.96. The maximum absolute atomic E-state index is 11.3. The van der Waals surface area contributed by atoms with E-state index in [2.05, 4.69) is 15.3 Å². The van der Waals surface area contributed by atoms with Gasteiger partial charge < -0.3 is 9.40 Å². The van der Waals surface area contributed by atoms with E-state index in [0.29, 0.717) is 5.95 Å². The predicted molar refractivity (Wildman–Crippen MR) is 45.2 cm³/mol. The molecule has 5 heteroatoms. The van der Waals surface area contributed by atoms with Crippen molar-refractivity contribution < 1.29 is 9.21 Å². The first-order valence-electron chi connectivity index (χ1n) is 3.70. The molecule has 13 heavy (non-hydrogen) atoms. The van der Waals surface area contributed by atoms with E-state index in [-0.39, 0.29) is 11.7 Å². The lowest BCUT2D eigenvalue weighted by molar-refractivity contribution is 0.0996. The normalized spacial score (nSPS) is 9.85. The van der Waals surface area contributed by atoms with E-state index in [0.717, 1.165) is 0 Å². The van der Waals surface area contributed by atoms with Gasteiger partial charge in [0.15, 0.2) is 5.76 Å². The van der Waals surface area contributed by atoms with Crippen LogP contribution >= 0.6 is 0 Å². The Morgan fingerprint density at radius 3 is 3.15 bits per heavy atom. The van der Waals surface area contributed by atoms with Crippen LogP contribution in [0.1, 0.15) is 10.6 Å². The molecule has 2 heterocycles. The van der Waals surface area contributed by atoms with Crippen molar-refractivity contribution in [1.82, 2.24) is 9.97 Å². The van der Waals surface area contributed by atoms with Gasteiger partial charge in [0, 0.05) is 12.4 Å². The van der Waals surface area contributed by atoms with Crippen LogP contribution in [0.5, 0.6) is 0 Å². The smallest absolute Gasteiger partial charge is 0.293 e. The van der Waals surface area contributed by atoms with Crippen LogP contribution in [0.15, 0.2) is 35.2 Å². The zero-order chi connectivity index (χ0) is 9.10. The van der Waals surface area contributed by atoms with Crippen LogP contribution in [0.2, 0.25) is 0 Å². The number of nitrogens with one attached hydrogen (secondary N) is 2. The average Bonchev–Trinajstić information content (AvgIpc) is 2.74. The highest BCUT2D eigenvalue weighted by molar-refractivity contribution is 6.01. The van der Waals surface area contributed by atoms with Crippen molar-refractivity contribution >= 4 is 11.9 Å². The van der Waals surface area contributed by atoms with Gasteiger partial charge in [-0.25, -0.2) is 4.98 Å². The number of hydrogen-bond acceptors (Lipinski definition) is 3. The molecule has 0 aliphatic carbocycles. The summed E-state index contributed by atoms with van der Waals surface area (Å²) in [6.45, 7) is 0. The van der Waals surface area contributed by atoms with Crippen molar-refractivity contribution in [3.05, 3.63) is 36.5 Å². The van der Waals surface area contributed by atoms with E-state index < -0.39 is 0 Å². The van der Waals surface area contributed by atoms with Gasteiger partial charge in [0.2, 0.25) is 5.95 Å². The maximum atomic E-state index is 11.3. The van der Waals surface area contributed by atoms with Gasteiger partial charge in [-0.1, -0.05) is 0 Å². The summed E-state index contributed by atoms with van der Waals surface area (Å²) in [6.07, 6.45) is 4.62. The largest absolute Gasteiger partial charge is 0.459 e. The average molecular weight is 177 g/mol. The highest BCUT2D eigenvalue weighted by Gasteiger charge is 2.08. The minimum absolute atomic E-state index is 0.261. The zero-order valence-corrected chi connectivity index (χ0v) is 6.65. The molecule has 5 nitrogen and oxygen atoms in total. The Bertz CT molecular complexity index is 377. The fourth-order valence-electron chi connectivity index (χ4n) is 0.911. The fraction of sp³-hybridized carbons (Fsp3) is 0. The minimum Gasteiger partial charge on any atom is -0.459 e. The summed E-state index contributed by atoms with van der Waals surface area (Å²) in [5.41, 5.74) is 0. The molecule has 0 bridgehead atoms. The summed E-state index contributed by atoms with van der Waals surface area (Å²) < 4.78 is 4.89. The molecule has 2 N–H and O–H groups in total. The molecule has 2 rings (SSSR count). The number of furan rings is 1. The van der Waals surface area contributed by atoms with Gasteiger partial charge in [-0.05, 0) is 12.1 Å². The number of imidazole rings is 1. The first-order valence-corrected chi connectivity index (χ1v) is 3.70. The highest BCUT2D eigenvalue weighted by atomic mass is 16.3. The molecule has 0 saturated carbocycles. The van der Waals surface area contributed by atoms with Gasteiger partial charge in [-0.3, -0.25) is 10.1 Å². The first kappa shape index (κ1) is 7.60. The summed E-state index contributed by atoms with van der Waals surface area (Å²) in [6, 6.07) is 3.23. The third-order valence-electron chi connectivity index (χ3n) is 1.48. The van der Waals surface area contributed by atoms with Crippen LogP contribution < -0.4 is 5.32 Å². The summed E-state index contributed by atoms with van der Waals surface area (Å²) >= 11 is 0. The molecular weight excluding hydrogens is 170 g/mol. The van der Waals surface area contributed by atoms with Crippen LogP contribution in [-0.4, -0.2) is 15.9 Å². The van der Waals surface area contributed by atoms with Crippen LogP contribution in [0.3, 0.4) is 0 Å². The molecule has 0 radical (unpaired) electrons. The van der Waals surface area contributed by atoms with E-state index in [1.165, 1.54) is 6.26 Å². The van der Waals surface area contributed by atoms with Crippen molar-refractivity contribution in [2.75, 3.05) is 5.32 Å². The molecule has 1 amide bonds. The Morgan fingerprint density at radius 2 is 2.54 bits per heavy atom. The summed E-state index contributed by atoms with van der Waals surface area (Å²) in [5.74, 6) is 0.345. The second-order valence-electron chi connectivity index (χ2n) is 2.37. The molecule has 0 spiro atoms. The number of rotatable bonds is 2. The van der Waals surface area contributed by atoms with Crippen molar-refractivity contribution in [2.24, 2.45) is 0 Å². The molecule has 2 aromatic heterocycles. The number of aromatic amines is 1. The molecule has 0 fully saturated rings. The first-order chi connectivity index (χ1) is 6.36. The minimum atomic E-state index is -0.319. The standard InChI is InChI=1S/C8H7N3O2/c12-7(6-2-1-5-13-6)11-8-9-3-4-10-8/h1-5H,(H2,9,10,11,12). The van der Waals surface area contributed by atoms with E-state index in [1.807, 2.05) is 0 Å². The molecular formula is C8H7N3O2. The number of hydrogen-bond donors (Lipinski definition) is 2. The molecule has 2 aromatic rings. The SMILES string of the molecule is O=C(Nc1ncc[nH]1)c1ccco1. The quantitative estimate of drug-likeness (QED) is 0.725. The second kappa shape index (κ2) is 3.14. The second-order valence-corrected chi connectivity index (χ2v) is 2.37. The highest BCUT2D eigenvalue weighted by Crippen LogP contribution is 2.03. The predicted octanol–water partition coefficient (Wildman–Crippen LogP) is 1.25. The lowest BCUT2D eigenvalue weighted by atomic mass is 10.4. The molecule has 66 valence electrons. The Labute approximate surface area is 73.8 Å². The Hall–Kier alpha value is -2.04. The Balaban J connectivity index is 2.08. The van der Waals surface area contributed by atoms with Gasteiger partial charge in [0.25, 0.3) is 5.91 Å².